The summed E-state index contributed by atoms with van der Waals surface area (Å²) in [6, 6.07) is 7.93. The number of nitrogens with two attached hydrogens (primary N) is 1. The first-order valence-corrected chi connectivity index (χ1v) is 6.84. The van der Waals surface area contributed by atoms with Gasteiger partial charge in [-0.25, -0.2) is 9.97 Å². The molecule has 2 aromatic rings. The summed E-state index contributed by atoms with van der Waals surface area (Å²) in [5.74, 6) is 0. The van der Waals surface area contributed by atoms with E-state index < -0.39 is 0 Å². The van der Waals surface area contributed by atoms with Gasteiger partial charge in [-0.15, -0.1) is 0 Å². The van der Waals surface area contributed by atoms with Gasteiger partial charge in [-0.3, -0.25) is 0 Å². The lowest BCUT2D eigenvalue weighted by Crippen LogP contribution is -2.04. The molecule has 3 nitrogen and oxygen atoms in total. The Kier molecular flexibility index (Phi) is 4.53. The lowest BCUT2D eigenvalue weighted by Gasteiger charge is -2.06. The fourth-order valence-electron chi connectivity index (χ4n) is 1.38. The molecule has 0 aromatic carbocycles. The Bertz CT molecular complexity index is 487. The molecular formula is C12H12BrN3S. The number of pyridine rings is 2. The van der Waals surface area contributed by atoms with Gasteiger partial charge in [-0.05, 0) is 64.4 Å². The maximum absolute atomic E-state index is 5.58. The molecule has 0 amide bonds. The summed E-state index contributed by atoms with van der Waals surface area (Å²) >= 11 is 4.93. The van der Waals surface area contributed by atoms with E-state index in [0.717, 1.165) is 20.9 Å². The van der Waals surface area contributed by atoms with Gasteiger partial charge in [0, 0.05) is 16.9 Å². The number of hydrogen-bond donors (Lipinski definition) is 1. The maximum Gasteiger partial charge on any atom is 0.105 e. The lowest BCUT2D eigenvalue weighted by molar-refractivity contribution is 0.910. The average molecular weight is 310 g/mol. The van der Waals surface area contributed by atoms with Crippen molar-refractivity contribution in [1.29, 1.82) is 0 Å². The van der Waals surface area contributed by atoms with Crippen molar-refractivity contribution < 1.29 is 0 Å². The van der Waals surface area contributed by atoms with Gasteiger partial charge in [0.05, 0.1) is 0 Å². The first-order chi connectivity index (χ1) is 8.29. The van der Waals surface area contributed by atoms with Crippen molar-refractivity contribution in [3.05, 3.63) is 46.7 Å². The van der Waals surface area contributed by atoms with Crippen molar-refractivity contribution in [2.75, 3.05) is 6.54 Å². The zero-order valence-electron chi connectivity index (χ0n) is 9.14. The second kappa shape index (κ2) is 6.14. The first-order valence-electron chi connectivity index (χ1n) is 5.23. The van der Waals surface area contributed by atoms with Gasteiger partial charge in [-0.1, -0.05) is 6.07 Å². The van der Waals surface area contributed by atoms with Gasteiger partial charge in [-0.2, -0.15) is 0 Å². The van der Waals surface area contributed by atoms with Gasteiger partial charge >= 0.3 is 0 Å². The molecule has 2 aromatic heterocycles. The highest BCUT2D eigenvalue weighted by atomic mass is 79.9. The molecule has 0 aliphatic carbocycles. The van der Waals surface area contributed by atoms with Crippen LogP contribution >= 0.6 is 27.7 Å². The summed E-state index contributed by atoms with van der Waals surface area (Å²) < 4.78 is 0.977. The van der Waals surface area contributed by atoms with E-state index in [0.29, 0.717) is 6.54 Å². The highest BCUT2D eigenvalue weighted by molar-refractivity contribution is 9.10. The molecule has 5 heteroatoms. The summed E-state index contributed by atoms with van der Waals surface area (Å²) in [5.41, 5.74) is 6.75. The summed E-state index contributed by atoms with van der Waals surface area (Å²) in [4.78, 5) is 8.69. The minimum atomic E-state index is 0.632. The zero-order chi connectivity index (χ0) is 12.1. The van der Waals surface area contributed by atoms with Crippen molar-refractivity contribution in [2.24, 2.45) is 5.73 Å². The van der Waals surface area contributed by atoms with Crippen LogP contribution in [0.2, 0.25) is 0 Å². The van der Waals surface area contributed by atoms with Crippen LogP contribution in [0, 0.1) is 0 Å². The Labute approximate surface area is 113 Å². The van der Waals surface area contributed by atoms with Crippen LogP contribution in [0.25, 0.3) is 0 Å². The molecule has 88 valence electrons. The third-order valence-corrected chi connectivity index (χ3v) is 3.65. The first kappa shape index (κ1) is 12.5. The molecular weight excluding hydrogens is 298 g/mol. The lowest BCUT2D eigenvalue weighted by atomic mass is 10.2. The van der Waals surface area contributed by atoms with Gasteiger partial charge in [0.25, 0.3) is 0 Å². The SMILES string of the molecule is NCCc1cccnc1Sc1ccc(Br)cn1. The smallest absolute Gasteiger partial charge is 0.105 e. The standard InChI is InChI=1S/C12H12BrN3S/c13-10-3-4-11(16-8-10)17-12-9(5-6-14)2-1-7-15-12/h1-4,7-8H,5-6,14H2. The van der Waals surface area contributed by atoms with Crippen LogP contribution in [0.3, 0.4) is 0 Å². The minimum Gasteiger partial charge on any atom is -0.330 e. The fraction of sp³-hybridized carbons (Fsp3) is 0.167. The molecule has 0 saturated heterocycles. The largest absolute Gasteiger partial charge is 0.330 e. The van der Waals surface area contributed by atoms with Crippen molar-refractivity contribution >= 4 is 27.7 Å². The molecule has 0 saturated carbocycles. The van der Waals surface area contributed by atoms with Crippen LogP contribution in [0.1, 0.15) is 5.56 Å². The molecule has 0 spiro atoms. The van der Waals surface area contributed by atoms with Gasteiger partial charge < -0.3 is 5.73 Å². The highest BCUT2D eigenvalue weighted by Crippen LogP contribution is 2.27. The van der Waals surface area contributed by atoms with Crippen LogP contribution < -0.4 is 5.73 Å². The highest BCUT2D eigenvalue weighted by Gasteiger charge is 2.05. The van der Waals surface area contributed by atoms with E-state index in [1.165, 1.54) is 5.56 Å². The Morgan fingerprint density at radius 2 is 2.12 bits per heavy atom. The molecule has 0 fully saturated rings. The number of nitrogens with zero attached hydrogens (tertiary/aromatic N) is 2. The third kappa shape index (κ3) is 3.52. The molecule has 2 rings (SSSR count). The van der Waals surface area contributed by atoms with Crippen LogP contribution in [-0.4, -0.2) is 16.5 Å². The number of halogens is 1. The maximum atomic E-state index is 5.58. The second-order valence-electron chi connectivity index (χ2n) is 3.42. The Morgan fingerprint density at radius 3 is 2.82 bits per heavy atom. The molecule has 0 bridgehead atoms. The monoisotopic (exact) mass is 309 g/mol. The number of hydrogen-bond acceptors (Lipinski definition) is 4. The molecule has 0 radical (unpaired) electrons. The van der Waals surface area contributed by atoms with Crippen molar-refractivity contribution in [3.63, 3.8) is 0 Å². The normalized spacial score (nSPS) is 10.5. The van der Waals surface area contributed by atoms with Crippen molar-refractivity contribution in [3.8, 4) is 0 Å². The Balaban J connectivity index is 2.20. The molecule has 0 aliphatic rings. The molecule has 0 aliphatic heterocycles. The number of rotatable bonds is 4. The van der Waals surface area contributed by atoms with E-state index in [9.17, 15) is 0 Å². The van der Waals surface area contributed by atoms with E-state index in [-0.39, 0.29) is 0 Å². The van der Waals surface area contributed by atoms with E-state index in [1.807, 2.05) is 18.2 Å². The van der Waals surface area contributed by atoms with Gasteiger partial charge in [0.15, 0.2) is 0 Å². The van der Waals surface area contributed by atoms with Crippen molar-refractivity contribution in [2.45, 2.75) is 16.5 Å². The van der Waals surface area contributed by atoms with E-state index in [1.54, 1.807) is 24.2 Å². The summed E-state index contributed by atoms with van der Waals surface area (Å²) in [7, 11) is 0. The quantitative estimate of drug-likeness (QED) is 0.943. The van der Waals surface area contributed by atoms with Gasteiger partial charge in [0.2, 0.25) is 0 Å². The van der Waals surface area contributed by atoms with Crippen molar-refractivity contribution in [1.82, 2.24) is 9.97 Å². The predicted molar refractivity (Wildman–Crippen MR) is 73.1 cm³/mol. The minimum absolute atomic E-state index is 0.632. The Morgan fingerprint density at radius 1 is 1.24 bits per heavy atom. The summed E-state index contributed by atoms with van der Waals surface area (Å²) in [6.07, 6.45) is 4.42. The fourth-order valence-corrected chi connectivity index (χ4v) is 2.47. The average Bonchev–Trinajstić information content (AvgIpc) is 2.35. The predicted octanol–water partition coefficient (Wildman–Crippen LogP) is 2.89. The zero-order valence-corrected chi connectivity index (χ0v) is 11.5. The second-order valence-corrected chi connectivity index (χ2v) is 5.35. The van der Waals surface area contributed by atoms with Crippen LogP contribution in [0.4, 0.5) is 0 Å². The van der Waals surface area contributed by atoms with E-state index in [2.05, 4.69) is 32.0 Å². The van der Waals surface area contributed by atoms with Gasteiger partial charge in [0.1, 0.15) is 10.1 Å². The van der Waals surface area contributed by atoms with Crippen LogP contribution in [-0.2, 0) is 6.42 Å². The van der Waals surface area contributed by atoms with E-state index >= 15 is 0 Å². The molecule has 2 N–H and O–H groups in total. The molecule has 0 atom stereocenters. The molecule has 0 unspecified atom stereocenters. The topological polar surface area (TPSA) is 51.8 Å². The third-order valence-electron chi connectivity index (χ3n) is 2.17. The Hall–Kier alpha value is -0.910. The van der Waals surface area contributed by atoms with E-state index in [4.69, 9.17) is 5.73 Å². The summed E-state index contributed by atoms with van der Waals surface area (Å²) in [5, 5.41) is 1.91. The summed E-state index contributed by atoms with van der Waals surface area (Å²) in [6.45, 7) is 0.632. The van der Waals surface area contributed by atoms with Crippen LogP contribution in [0.15, 0.2) is 51.2 Å². The van der Waals surface area contributed by atoms with Crippen LogP contribution in [0.5, 0.6) is 0 Å². The molecule has 2 heterocycles. The molecule has 17 heavy (non-hydrogen) atoms. The number of aromatic nitrogens is 2.